The van der Waals surface area contributed by atoms with Crippen molar-refractivity contribution in [3.63, 3.8) is 0 Å². The van der Waals surface area contributed by atoms with Crippen LogP contribution in [0.3, 0.4) is 0 Å². The normalized spacial score (nSPS) is 10.1. The molecule has 2 rings (SSSR count). The van der Waals surface area contributed by atoms with Crippen molar-refractivity contribution in [2.24, 2.45) is 0 Å². The highest BCUT2D eigenvalue weighted by Gasteiger charge is 2.12. The van der Waals surface area contributed by atoms with E-state index in [4.69, 9.17) is 4.74 Å². The Hall–Kier alpha value is -2.47. The number of aryl methyl sites for hydroxylation is 1. The van der Waals surface area contributed by atoms with Crippen LogP contribution in [0.1, 0.15) is 29.3 Å². The number of anilines is 1. The SMILES string of the molecule is CC(=O)c1ccccc1NC(=O)COC(=O)CCc1ccsc1. The van der Waals surface area contributed by atoms with E-state index in [-0.39, 0.29) is 18.8 Å². The minimum absolute atomic E-state index is 0.145. The second kappa shape index (κ2) is 8.24. The summed E-state index contributed by atoms with van der Waals surface area (Å²) in [6, 6.07) is 8.65. The molecule has 0 aliphatic carbocycles. The molecule has 0 aliphatic heterocycles. The van der Waals surface area contributed by atoms with E-state index in [2.05, 4.69) is 5.32 Å². The molecule has 2 aromatic rings. The first-order chi connectivity index (χ1) is 11.1. The average Bonchev–Trinajstić information content (AvgIpc) is 3.04. The van der Waals surface area contributed by atoms with Gasteiger partial charge in [-0.25, -0.2) is 0 Å². The number of hydrogen-bond acceptors (Lipinski definition) is 5. The molecule has 0 saturated heterocycles. The number of esters is 1. The van der Waals surface area contributed by atoms with Crippen LogP contribution in [0, 0.1) is 0 Å². The Morgan fingerprint density at radius 3 is 2.65 bits per heavy atom. The summed E-state index contributed by atoms with van der Waals surface area (Å²) in [4.78, 5) is 34.9. The lowest BCUT2D eigenvalue weighted by Gasteiger charge is -2.09. The van der Waals surface area contributed by atoms with Gasteiger partial charge in [-0.2, -0.15) is 11.3 Å². The summed E-state index contributed by atoms with van der Waals surface area (Å²) in [7, 11) is 0. The molecule has 0 saturated carbocycles. The maximum Gasteiger partial charge on any atom is 0.306 e. The van der Waals surface area contributed by atoms with Crippen LogP contribution in [-0.4, -0.2) is 24.3 Å². The van der Waals surface area contributed by atoms with Gasteiger partial charge in [-0.15, -0.1) is 0 Å². The Kier molecular flexibility index (Phi) is 6.05. The molecule has 1 aromatic carbocycles. The van der Waals surface area contributed by atoms with Crippen molar-refractivity contribution in [2.45, 2.75) is 19.8 Å². The fourth-order valence-corrected chi connectivity index (χ4v) is 2.69. The minimum Gasteiger partial charge on any atom is -0.456 e. The Morgan fingerprint density at radius 2 is 1.96 bits per heavy atom. The first-order valence-corrected chi connectivity index (χ1v) is 8.07. The zero-order valence-corrected chi connectivity index (χ0v) is 13.5. The van der Waals surface area contributed by atoms with E-state index in [0.717, 1.165) is 5.56 Å². The van der Waals surface area contributed by atoms with Crippen molar-refractivity contribution in [1.29, 1.82) is 0 Å². The van der Waals surface area contributed by atoms with Gasteiger partial charge in [-0.1, -0.05) is 12.1 Å². The van der Waals surface area contributed by atoms with Crippen molar-refractivity contribution in [3.05, 3.63) is 52.2 Å². The number of Topliss-reactive ketones (excluding diaryl/α,β-unsaturated/α-hetero) is 1. The molecule has 1 N–H and O–H groups in total. The van der Waals surface area contributed by atoms with Gasteiger partial charge in [-0.3, -0.25) is 14.4 Å². The molecular weight excluding hydrogens is 314 g/mol. The minimum atomic E-state index is -0.470. The van der Waals surface area contributed by atoms with Gasteiger partial charge in [0.1, 0.15) is 0 Å². The number of rotatable bonds is 7. The summed E-state index contributed by atoms with van der Waals surface area (Å²) in [5.74, 6) is -1.04. The van der Waals surface area contributed by atoms with Gasteiger partial charge in [0, 0.05) is 12.0 Å². The maximum absolute atomic E-state index is 11.8. The fraction of sp³-hybridized carbons (Fsp3) is 0.235. The topological polar surface area (TPSA) is 72.5 Å². The average molecular weight is 331 g/mol. The molecule has 0 bridgehead atoms. The lowest BCUT2D eigenvalue weighted by atomic mass is 10.1. The van der Waals surface area contributed by atoms with Crippen LogP contribution in [0.2, 0.25) is 0 Å². The number of carbonyl (C=O) groups is 3. The molecule has 0 unspecified atom stereocenters. The van der Waals surface area contributed by atoms with Gasteiger partial charge in [0.05, 0.1) is 5.69 Å². The lowest BCUT2D eigenvalue weighted by Crippen LogP contribution is -2.22. The molecule has 23 heavy (non-hydrogen) atoms. The molecule has 0 atom stereocenters. The maximum atomic E-state index is 11.8. The third-order valence-corrected chi connectivity index (χ3v) is 3.87. The first-order valence-electron chi connectivity index (χ1n) is 7.13. The van der Waals surface area contributed by atoms with Crippen LogP contribution in [-0.2, 0) is 20.7 Å². The van der Waals surface area contributed by atoms with E-state index in [1.807, 2.05) is 16.8 Å². The second-order valence-corrected chi connectivity index (χ2v) is 5.72. The zero-order valence-electron chi connectivity index (χ0n) is 12.7. The quantitative estimate of drug-likeness (QED) is 0.625. The van der Waals surface area contributed by atoms with E-state index in [9.17, 15) is 14.4 Å². The molecule has 0 spiro atoms. The second-order valence-electron chi connectivity index (χ2n) is 4.94. The summed E-state index contributed by atoms with van der Waals surface area (Å²) in [6.45, 7) is 1.06. The van der Waals surface area contributed by atoms with Crippen LogP contribution in [0.25, 0.3) is 0 Å². The van der Waals surface area contributed by atoms with Crippen LogP contribution in [0.15, 0.2) is 41.1 Å². The lowest BCUT2D eigenvalue weighted by molar-refractivity contribution is -0.147. The van der Waals surface area contributed by atoms with Gasteiger partial charge in [0.2, 0.25) is 0 Å². The van der Waals surface area contributed by atoms with E-state index in [0.29, 0.717) is 17.7 Å². The summed E-state index contributed by atoms with van der Waals surface area (Å²) in [5, 5.41) is 6.50. The number of para-hydroxylation sites is 1. The smallest absolute Gasteiger partial charge is 0.306 e. The van der Waals surface area contributed by atoms with Crippen molar-refractivity contribution in [2.75, 3.05) is 11.9 Å². The summed E-state index contributed by atoms with van der Waals surface area (Å²) >= 11 is 1.57. The van der Waals surface area contributed by atoms with Gasteiger partial charge in [0.15, 0.2) is 12.4 Å². The number of amides is 1. The Bertz CT molecular complexity index is 694. The number of thiophene rings is 1. The Balaban J connectivity index is 1.79. The summed E-state index contributed by atoms with van der Waals surface area (Å²) in [5.41, 5.74) is 1.91. The van der Waals surface area contributed by atoms with Gasteiger partial charge in [-0.05, 0) is 47.9 Å². The third kappa shape index (κ3) is 5.34. The Labute approximate surface area is 138 Å². The molecule has 0 fully saturated rings. The van der Waals surface area contributed by atoms with E-state index < -0.39 is 11.9 Å². The van der Waals surface area contributed by atoms with Crippen LogP contribution in [0.5, 0.6) is 0 Å². The van der Waals surface area contributed by atoms with E-state index >= 15 is 0 Å². The molecule has 1 amide bonds. The molecule has 6 heteroatoms. The van der Waals surface area contributed by atoms with Crippen LogP contribution in [0.4, 0.5) is 5.69 Å². The highest BCUT2D eigenvalue weighted by atomic mass is 32.1. The van der Waals surface area contributed by atoms with Gasteiger partial charge >= 0.3 is 5.97 Å². The highest BCUT2D eigenvalue weighted by Crippen LogP contribution is 2.15. The largest absolute Gasteiger partial charge is 0.456 e. The first kappa shape index (κ1) is 16.9. The van der Waals surface area contributed by atoms with E-state index in [1.165, 1.54) is 6.92 Å². The molecular formula is C17H17NO4S. The molecule has 1 heterocycles. The summed E-state index contributed by atoms with van der Waals surface area (Å²) < 4.78 is 4.94. The van der Waals surface area contributed by atoms with Crippen LogP contribution >= 0.6 is 11.3 Å². The fourth-order valence-electron chi connectivity index (χ4n) is 1.98. The molecule has 1 aromatic heterocycles. The van der Waals surface area contributed by atoms with Crippen LogP contribution < -0.4 is 5.32 Å². The monoisotopic (exact) mass is 331 g/mol. The summed E-state index contributed by atoms with van der Waals surface area (Å²) in [6.07, 6.45) is 0.825. The van der Waals surface area contributed by atoms with Crippen molar-refractivity contribution >= 4 is 34.7 Å². The zero-order chi connectivity index (χ0) is 16.7. The number of carbonyl (C=O) groups excluding carboxylic acids is 3. The number of nitrogens with one attached hydrogen (secondary N) is 1. The standard InChI is InChI=1S/C17H17NO4S/c1-12(19)14-4-2-3-5-15(14)18-16(20)10-22-17(21)7-6-13-8-9-23-11-13/h2-5,8-9,11H,6-7,10H2,1H3,(H,18,20). The third-order valence-electron chi connectivity index (χ3n) is 3.14. The van der Waals surface area contributed by atoms with Crippen molar-refractivity contribution < 1.29 is 19.1 Å². The van der Waals surface area contributed by atoms with E-state index in [1.54, 1.807) is 35.6 Å². The van der Waals surface area contributed by atoms with Crippen molar-refractivity contribution in [3.8, 4) is 0 Å². The number of ether oxygens (including phenoxy) is 1. The molecule has 0 radical (unpaired) electrons. The number of benzene rings is 1. The highest BCUT2D eigenvalue weighted by molar-refractivity contribution is 7.07. The molecule has 120 valence electrons. The number of hydrogen-bond donors (Lipinski definition) is 1. The Morgan fingerprint density at radius 1 is 1.17 bits per heavy atom. The molecule has 0 aliphatic rings. The predicted octanol–water partition coefficient (Wildman–Crippen LogP) is 3.07. The van der Waals surface area contributed by atoms with Gasteiger partial charge in [0.25, 0.3) is 5.91 Å². The van der Waals surface area contributed by atoms with Gasteiger partial charge < -0.3 is 10.1 Å². The number of ketones is 1. The predicted molar refractivity (Wildman–Crippen MR) is 88.7 cm³/mol. The van der Waals surface area contributed by atoms with Crippen molar-refractivity contribution in [1.82, 2.24) is 0 Å². The molecule has 5 nitrogen and oxygen atoms in total.